The molecule has 1 heterocycles. The largest absolute Gasteiger partial charge is 0.492 e. The molecule has 1 aromatic rings. The van der Waals surface area contributed by atoms with Crippen LogP contribution in [0.4, 0.5) is 0 Å². The predicted molar refractivity (Wildman–Crippen MR) is 83.3 cm³/mol. The SMILES string of the molecule is CN(C)CCOc1ccc(CN2CCN(C)CC2)cc1. The molecule has 1 fully saturated rings. The van der Waals surface area contributed by atoms with Gasteiger partial charge >= 0.3 is 0 Å². The molecule has 0 amide bonds. The van der Waals surface area contributed by atoms with Gasteiger partial charge in [-0.1, -0.05) is 12.1 Å². The van der Waals surface area contributed by atoms with Crippen LogP contribution in [0.25, 0.3) is 0 Å². The number of hydrogen-bond acceptors (Lipinski definition) is 4. The van der Waals surface area contributed by atoms with Crippen LogP contribution in [-0.2, 0) is 6.54 Å². The zero-order valence-corrected chi connectivity index (χ0v) is 13.0. The van der Waals surface area contributed by atoms with Gasteiger partial charge in [-0.2, -0.15) is 0 Å². The van der Waals surface area contributed by atoms with E-state index >= 15 is 0 Å². The second-order valence-electron chi connectivity index (χ2n) is 5.88. The Hall–Kier alpha value is -1.10. The van der Waals surface area contributed by atoms with Crippen molar-refractivity contribution in [3.8, 4) is 5.75 Å². The fraction of sp³-hybridized carbons (Fsp3) is 0.625. The Morgan fingerprint density at radius 3 is 2.30 bits per heavy atom. The number of nitrogens with zero attached hydrogens (tertiary/aromatic N) is 3. The smallest absolute Gasteiger partial charge is 0.119 e. The number of likely N-dealkylation sites (N-methyl/N-ethyl adjacent to an activating group) is 2. The lowest BCUT2D eigenvalue weighted by Crippen LogP contribution is -2.43. The second kappa shape index (κ2) is 7.62. The number of piperazine rings is 1. The van der Waals surface area contributed by atoms with Crippen LogP contribution in [0.15, 0.2) is 24.3 Å². The van der Waals surface area contributed by atoms with Crippen molar-refractivity contribution < 1.29 is 4.74 Å². The standard InChI is InChI=1S/C16H27N3O/c1-17(2)12-13-20-16-6-4-15(5-7-16)14-19-10-8-18(3)9-11-19/h4-7H,8-14H2,1-3H3. The molecule has 1 aliphatic heterocycles. The minimum Gasteiger partial charge on any atom is -0.492 e. The van der Waals surface area contributed by atoms with Crippen molar-refractivity contribution in [1.29, 1.82) is 0 Å². The zero-order chi connectivity index (χ0) is 14.4. The third-order valence-corrected chi connectivity index (χ3v) is 3.73. The van der Waals surface area contributed by atoms with E-state index in [1.807, 2.05) is 0 Å². The maximum atomic E-state index is 5.71. The third kappa shape index (κ3) is 5.12. The fourth-order valence-electron chi connectivity index (χ4n) is 2.30. The molecule has 0 radical (unpaired) electrons. The van der Waals surface area contributed by atoms with Crippen molar-refractivity contribution in [2.75, 3.05) is 60.5 Å². The van der Waals surface area contributed by atoms with Crippen molar-refractivity contribution in [2.24, 2.45) is 0 Å². The van der Waals surface area contributed by atoms with E-state index in [0.717, 1.165) is 38.5 Å². The Morgan fingerprint density at radius 1 is 1.05 bits per heavy atom. The lowest BCUT2D eigenvalue weighted by Gasteiger charge is -2.32. The first-order valence-corrected chi connectivity index (χ1v) is 7.41. The summed E-state index contributed by atoms with van der Waals surface area (Å²) in [5.74, 6) is 0.967. The van der Waals surface area contributed by atoms with E-state index in [-0.39, 0.29) is 0 Å². The molecule has 1 saturated heterocycles. The summed E-state index contributed by atoms with van der Waals surface area (Å²) in [4.78, 5) is 7.03. The van der Waals surface area contributed by atoms with E-state index in [2.05, 4.69) is 60.1 Å². The van der Waals surface area contributed by atoms with Crippen LogP contribution < -0.4 is 4.74 Å². The number of ether oxygens (including phenoxy) is 1. The summed E-state index contributed by atoms with van der Waals surface area (Å²) in [7, 11) is 6.31. The van der Waals surface area contributed by atoms with E-state index < -0.39 is 0 Å². The molecule has 112 valence electrons. The normalized spacial score (nSPS) is 17.6. The summed E-state index contributed by atoms with van der Waals surface area (Å²) >= 11 is 0. The Morgan fingerprint density at radius 2 is 1.70 bits per heavy atom. The van der Waals surface area contributed by atoms with Crippen LogP contribution in [0.5, 0.6) is 5.75 Å². The minimum absolute atomic E-state index is 0.741. The first-order valence-electron chi connectivity index (χ1n) is 7.41. The highest BCUT2D eigenvalue weighted by molar-refractivity contribution is 5.27. The van der Waals surface area contributed by atoms with Crippen LogP contribution in [0.2, 0.25) is 0 Å². The van der Waals surface area contributed by atoms with Crippen LogP contribution in [0.1, 0.15) is 5.56 Å². The zero-order valence-electron chi connectivity index (χ0n) is 13.0. The molecule has 1 aliphatic rings. The van der Waals surface area contributed by atoms with Gasteiger partial charge in [0, 0.05) is 39.3 Å². The molecule has 0 saturated carbocycles. The summed E-state index contributed by atoms with van der Waals surface area (Å²) in [5, 5.41) is 0. The monoisotopic (exact) mass is 277 g/mol. The number of hydrogen-bond donors (Lipinski definition) is 0. The van der Waals surface area contributed by atoms with Gasteiger partial charge in [-0.15, -0.1) is 0 Å². The molecular weight excluding hydrogens is 250 g/mol. The van der Waals surface area contributed by atoms with E-state index in [1.54, 1.807) is 0 Å². The van der Waals surface area contributed by atoms with Crippen LogP contribution in [0.3, 0.4) is 0 Å². The predicted octanol–water partition coefficient (Wildman–Crippen LogP) is 1.37. The molecule has 2 rings (SSSR count). The lowest BCUT2D eigenvalue weighted by molar-refractivity contribution is 0.148. The Kier molecular flexibility index (Phi) is 5.83. The van der Waals surface area contributed by atoms with Gasteiger partial charge in [0.2, 0.25) is 0 Å². The summed E-state index contributed by atoms with van der Waals surface area (Å²) in [6.45, 7) is 7.41. The quantitative estimate of drug-likeness (QED) is 0.782. The molecule has 0 bridgehead atoms. The van der Waals surface area contributed by atoms with E-state index in [4.69, 9.17) is 4.74 Å². The Balaban J connectivity index is 1.76. The molecule has 0 N–H and O–H groups in total. The van der Waals surface area contributed by atoms with Crippen molar-refractivity contribution in [3.63, 3.8) is 0 Å². The second-order valence-corrected chi connectivity index (χ2v) is 5.88. The van der Waals surface area contributed by atoms with Crippen LogP contribution in [-0.4, -0.2) is 75.2 Å². The molecule has 1 aromatic carbocycles. The van der Waals surface area contributed by atoms with Gasteiger partial charge in [-0.25, -0.2) is 0 Å². The van der Waals surface area contributed by atoms with Gasteiger partial charge in [0.25, 0.3) is 0 Å². The fourth-order valence-corrected chi connectivity index (χ4v) is 2.30. The summed E-state index contributed by atoms with van der Waals surface area (Å²) in [6.07, 6.45) is 0. The van der Waals surface area contributed by atoms with E-state index in [9.17, 15) is 0 Å². The number of benzene rings is 1. The summed E-state index contributed by atoms with van der Waals surface area (Å²) < 4.78 is 5.71. The van der Waals surface area contributed by atoms with Crippen LogP contribution in [0, 0.1) is 0 Å². The van der Waals surface area contributed by atoms with E-state index in [0.29, 0.717) is 0 Å². The van der Waals surface area contributed by atoms with E-state index in [1.165, 1.54) is 18.7 Å². The maximum absolute atomic E-state index is 5.71. The first kappa shape index (κ1) is 15.3. The average Bonchev–Trinajstić information content (AvgIpc) is 2.43. The molecule has 0 atom stereocenters. The van der Waals surface area contributed by atoms with Crippen molar-refractivity contribution in [2.45, 2.75) is 6.54 Å². The highest BCUT2D eigenvalue weighted by atomic mass is 16.5. The van der Waals surface area contributed by atoms with Crippen molar-refractivity contribution in [1.82, 2.24) is 14.7 Å². The lowest BCUT2D eigenvalue weighted by atomic mass is 10.2. The Bertz CT molecular complexity index is 383. The first-order chi connectivity index (χ1) is 9.63. The third-order valence-electron chi connectivity index (χ3n) is 3.73. The molecule has 0 aromatic heterocycles. The van der Waals surface area contributed by atoms with Crippen LogP contribution >= 0.6 is 0 Å². The molecule has 0 aliphatic carbocycles. The molecule has 0 unspecified atom stereocenters. The molecule has 4 nitrogen and oxygen atoms in total. The highest BCUT2D eigenvalue weighted by Gasteiger charge is 2.13. The van der Waals surface area contributed by atoms with Crippen molar-refractivity contribution >= 4 is 0 Å². The topological polar surface area (TPSA) is 19.0 Å². The molecule has 4 heteroatoms. The Labute approximate surface area is 122 Å². The average molecular weight is 277 g/mol. The molecular formula is C16H27N3O. The minimum atomic E-state index is 0.741. The molecule has 20 heavy (non-hydrogen) atoms. The van der Waals surface area contributed by atoms with Crippen molar-refractivity contribution in [3.05, 3.63) is 29.8 Å². The van der Waals surface area contributed by atoms with Gasteiger partial charge < -0.3 is 14.5 Å². The molecule has 0 spiro atoms. The van der Waals surface area contributed by atoms with Gasteiger partial charge in [0.15, 0.2) is 0 Å². The summed E-state index contributed by atoms with van der Waals surface area (Å²) in [6, 6.07) is 8.54. The highest BCUT2D eigenvalue weighted by Crippen LogP contribution is 2.14. The summed E-state index contributed by atoms with van der Waals surface area (Å²) in [5.41, 5.74) is 1.37. The van der Waals surface area contributed by atoms with Gasteiger partial charge in [-0.3, -0.25) is 4.90 Å². The van der Waals surface area contributed by atoms with Gasteiger partial charge in [0.1, 0.15) is 12.4 Å². The number of rotatable bonds is 6. The van der Waals surface area contributed by atoms with Gasteiger partial charge in [0.05, 0.1) is 0 Å². The maximum Gasteiger partial charge on any atom is 0.119 e. The van der Waals surface area contributed by atoms with Gasteiger partial charge in [-0.05, 0) is 38.8 Å².